The topological polar surface area (TPSA) is 0 Å². The second-order valence-electron chi connectivity index (χ2n) is 18.4. The first kappa shape index (κ1) is 41.4. The van der Waals surface area contributed by atoms with E-state index in [1.807, 2.05) is 12.1 Å². The third kappa shape index (κ3) is 5.64. The van der Waals surface area contributed by atoms with Crippen LogP contribution in [-0.4, -0.2) is 4.21 Å². The number of benzene rings is 4. The van der Waals surface area contributed by atoms with Gasteiger partial charge < -0.3 is 0 Å². The molecule has 4 aromatic rings. The predicted molar refractivity (Wildman–Crippen MR) is 240 cm³/mol. The molecule has 0 saturated carbocycles. The molecule has 0 radical (unpaired) electrons. The normalized spacial score (nSPS) is 19.2. The molecule has 54 heavy (non-hydrogen) atoms. The molecule has 0 amide bonds. The third-order valence-electron chi connectivity index (χ3n) is 13.4. The van der Waals surface area contributed by atoms with Gasteiger partial charge in [0.05, 0.1) is 0 Å². The van der Waals surface area contributed by atoms with Crippen molar-refractivity contribution in [1.29, 1.82) is 0 Å². The second kappa shape index (κ2) is 13.4. The summed E-state index contributed by atoms with van der Waals surface area (Å²) in [5.41, 5.74) is 15.2. The molecular weight excluding hydrogens is 822 g/mol. The van der Waals surface area contributed by atoms with Crippen molar-refractivity contribution in [3.05, 3.63) is 147 Å². The van der Waals surface area contributed by atoms with E-state index >= 15 is 0 Å². The monoisotopic (exact) mass is 872 g/mol. The van der Waals surface area contributed by atoms with Gasteiger partial charge in [0, 0.05) is 0 Å². The average Bonchev–Trinajstić information content (AvgIpc) is 3.78. The predicted octanol–water partition coefficient (Wildman–Crippen LogP) is 13.8. The van der Waals surface area contributed by atoms with Gasteiger partial charge in [0.25, 0.3) is 0 Å². The zero-order valence-electron chi connectivity index (χ0n) is 33.4. The summed E-state index contributed by atoms with van der Waals surface area (Å²) in [5.74, 6) is 0.259. The van der Waals surface area contributed by atoms with E-state index in [4.69, 9.17) is 27.4 Å². The molecule has 4 aromatic carbocycles. The van der Waals surface area contributed by atoms with Gasteiger partial charge in [-0.15, -0.1) is 24.8 Å². The van der Waals surface area contributed by atoms with Crippen molar-refractivity contribution in [3.8, 4) is 11.1 Å². The summed E-state index contributed by atoms with van der Waals surface area (Å²) in [6.45, 7) is 23.6. The number of hydrogen-bond acceptors (Lipinski definition) is 0. The summed E-state index contributed by atoms with van der Waals surface area (Å²) in [7, 11) is 0. The molecular formula is C49H54Cl4Zr. The summed E-state index contributed by atoms with van der Waals surface area (Å²) >= 11 is 8.85. The van der Waals surface area contributed by atoms with Crippen LogP contribution < -0.4 is 6.54 Å². The van der Waals surface area contributed by atoms with Crippen molar-refractivity contribution in [3.63, 3.8) is 0 Å². The summed E-state index contributed by atoms with van der Waals surface area (Å²) in [4.78, 5) is 0. The molecule has 1 unspecified atom stereocenters. The van der Waals surface area contributed by atoms with Crippen molar-refractivity contribution in [2.75, 3.05) is 0 Å². The fourth-order valence-corrected chi connectivity index (χ4v) is 31.1. The molecule has 0 heterocycles. The van der Waals surface area contributed by atoms with Gasteiger partial charge in [-0.2, -0.15) is 0 Å². The Bertz CT molecular complexity index is 2410. The van der Waals surface area contributed by atoms with Gasteiger partial charge in [-0.05, 0) is 0 Å². The Morgan fingerprint density at radius 2 is 1.30 bits per heavy atom. The molecule has 0 N–H and O–H groups in total. The second-order valence-corrected chi connectivity index (χ2v) is 31.9. The van der Waals surface area contributed by atoms with E-state index in [2.05, 4.69) is 148 Å². The van der Waals surface area contributed by atoms with E-state index in [0.717, 1.165) is 22.9 Å². The fourth-order valence-electron chi connectivity index (χ4n) is 11.1. The zero-order chi connectivity index (χ0) is 37.4. The average molecular weight is 876 g/mol. The Kier molecular flexibility index (Phi) is 10.3. The molecule has 0 fully saturated rings. The first-order valence-electron chi connectivity index (χ1n) is 19.1. The van der Waals surface area contributed by atoms with Crippen molar-refractivity contribution in [2.45, 2.75) is 92.9 Å². The van der Waals surface area contributed by atoms with E-state index in [0.29, 0.717) is 0 Å². The first-order valence-corrected chi connectivity index (χ1v) is 26.5. The van der Waals surface area contributed by atoms with E-state index in [1.165, 1.54) is 74.3 Å². The summed E-state index contributed by atoms with van der Waals surface area (Å²) < 4.78 is 11.4. The van der Waals surface area contributed by atoms with Crippen LogP contribution in [0, 0.1) is 11.3 Å². The Balaban J connectivity index is 0.00000249. The third-order valence-corrected chi connectivity index (χ3v) is 31.3. The number of halogens is 4. The molecule has 4 aliphatic rings. The van der Waals surface area contributed by atoms with E-state index in [1.54, 1.807) is 0 Å². The molecule has 0 aromatic heterocycles. The number of allylic oxidation sites excluding steroid dienone is 8. The Morgan fingerprint density at radius 3 is 1.81 bits per heavy atom. The van der Waals surface area contributed by atoms with Crippen LogP contribution in [0.25, 0.3) is 22.3 Å². The van der Waals surface area contributed by atoms with Gasteiger partial charge in [0.15, 0.2) is 0 Å². The fraction of sp³-hybridized carbons (Fsp3) is 0.327. The van der Waals surface area contributed by atoms with Crippen LogP contribution in [0.1, 0.15) is 109 Å². The maximum atomic E-state index is 7.02. The Hall–Kier alpha value is -2.25. The van der Waals surface area contributed by atoms with Gasteiger partial charge in [0.2, 0.25) is 0 Å². The van der Waals surface area contributed by atoms with Crippen LogP contribution in [0.15, 0.2) is 103 Å². The molecule has 0 nitrogen and oxygen atoms in total. The molecule has 0 bridgehead atoms. The number of hydrogen-bond donors (Lipinski definition) is 0. The number of rotatable bonds is 5. The van der Waals surface area contributed by atoms with Crippen LogP contribution in [0.4, 0.5) is 0 Å². The van der Waals surface area contributed by atoms with Crippen molar-refractivity contribution in [2.24, 2.45) is 11.3 Å². The molecule has 0 aliphatic heterocycles. The standard InChI is InChI=1S/C25H25.C11H17.2C6H4Cl.CH2.2ClH.Zr/c1-14-12-24(3,4)22-8-16-7-17-9-23-19(15(2)13-25(23,5)6)11-21(17)20(16)10-18(14)22;1-5-9-6-7-10(8-9)11(2,3)4;2*7-6-4-2-1-3-5-6;;;;/h8-12H,7H2,1-6H3;7-9H,5H2,1-4H3;2*1-2,4-5H;1H2;2*1H;. The van der Waals surface area contributed by atoms with Crippen LogP contribution >= 0.6 is 48.0 Å². The SMILES string of the molecule is Cl.Cl.[CH2]=[Zr]([C]1=CC(C(C)(C)C)=CC1CC)([C]1=C(C)c2cc3c(cc2C1(C)C)Cc1cc2c(cc1-3)C(C)=CC2(C)C)([c]1cccc(Cl)c1)[c]1cccc(Cl)c1. The molecule has 5 heteroatoms. The Labute approximate surface area is 347 Å². The molecule has 4 aliphatic carbocycles. The summed E-state index contributed by atoms with van der Waals surface area (Å²) in [6, 6.07) is 27.6. The quantitative estimate of drug-likeness (QED) is 0.165. The summed E-state index contributed by atoms with van der Waals surface area (Å²) in [6.07, 6.45) is 9.53. The minimum atomic E-state index is -5.20. The van der Waals surface area contributed by atoms with Crippen LogP contribution in [0.3, 0.4) is 0 Å². The molecule has 8 rings (SSSR count). The number of fused-ring (bicyclic) bond motifs is 5. The van der Waals surface area contributed by atoms with Gasteiger partial charge >= 0.3 is 325 Å². The van der Waals surface area contributed by atoms with Crippen molar-refractivity contribution < 1.29 is 18.3 Å². The maximum absolute atomic E-state index is 7.02. The van der Waals surface area contributed by atoms with Gasteiger partial charge in [-0.3, -0.25) is 0 Å². The minimum absolute atomic E-state index is 0. The van der Waals surface area contributed by atoms with Crippen molar-refractivity contribution >= 4 is 69.9 Å². The Morgan fingerprint density at radius 1 is 0.759 bits per heavy atom. The van der Waals surface area contributed by atoms with E-state index in [-0.39, 0.29) is 47.0 Å². The molecule has 1 atom stereocenters. The van der Waals surface area contributed by atoms with Gasteiger partial charge in [-0.25, -0.2) is 0 Å². The van der Waals surface area contributed by atoms with Crippen LogP contribution in [-0.2, 0) is 35.5 Å². The molecule has 0 saturated heterocycles. The van der Waals surface area contributed by atoms with E-state index < -0.39 is 18.3 Å². The van der Waals surface area contributed by atoms with Crippen LogP contribution in [0.5, 0.6) is 0 Å². The molecule has 282 valence electrons. The first-order chi connectivity index (χ1) is 24.3. The zero-order valence-corrected chi connectivity index (χ0v) is 39.0. The van der Waals surface area contributed by atoms with Gasteiger partial charge in [0.1, 0.15) is 0 Å². The van der Waals surface area contributed by atoms with Gasteiger partial charge in [-0.1, -0.05) is 0 Å². The molecule has 0 spiro atoms. The summed E-state index contributed by atoms with van der Waals surface area (Å²) in [5, 5.41) is 1.50. The van der Waals surface area contributed by atoms with Crippen LogP contribution in [0.2, 0.25) is 10.0 Å². The van der Waals surface area contributed by atoms with E-state index in [9.17, 15) is 0 Å². The van der Waals surface area contributed by atoms with Crippen molar-refractivity contribution in [1.82, 2.24) is 0 Å².